The Bertz CT molecular complexity index is 471. The lowest BCUT2D eigenvalue weighted by Gasteiger charge is -2.31. The predicted octanol–water partition coefficient (Wildman–Crippen LogP) is 1.94. The van der Waals surface area contributed by atoms with E-state index in [0.29, 0.717) is 18.4 Å². The van der Waals surface area contributed by atoms with Crippen LogP contribution in [0.2, 0.25) is 0 Å². The minimum atomic E-state index is 0.127. The molecule has 0 aromatic carbocycles. The highest BCUT2D eigenvalue weighted by Crippen LogP contribution is 2.31. The molecule has 1 saturated carbocycles. The van der Waals surface area contributed by atoms with Crippen LogP contribution in [0.15, 0.2) is 0 Å². The van der Waals surface area contributed by atoms with Crippen LogP contribution < -0.4 is 16.2 Å². The van der Waals surface area contributed by atoms with Crippen molar-refractivity contribution in [1.29, 1.82) is 0 Å². The van der Waals surface area contributed by atoms with Crippen molar-refractivity contribution in [2.45, 2.75) is 58.4 Å². The summed E-state index contributed by atoms with van der Waals surface area (Å²) in [6, 6.07) is 0.455. The molecule has 0 unspecified atom stereocenters. The number of hydrogen-bond acceptors (Lipinski definition) is 6. The molecule has 4 N–H and O–H groups in total. The monoisotopic (exact) mass is 293 g/mol. The zero-order chi connectivity index (χ0) is 15.4. The van der Waals surface area contributed by atoms with Gasteiger partial charge in [-0.1, -0.05) is 26.7 Å². The molecular formula is C15H27N5O. The number of hydrogen-bond donors (Lipinski definition) is 3. The molecule has 0 bridgehead atoms. The molecule has 0 aliphatic heterocycles. The van der Waals surface area contributed by atoms with Crippen LogP contribution in [0, 0.1) is 6.92 Å². The summed E-state index contributed by atoms with van der Waals surface area (Å²) in [5.41, 5.74) is 3.62. The van der Waals surface area contributed by atoms with Gasteiger partial charge in [-0.3, -0.25) is 0 Å². The normalized spacial score (nSPS) is 15.7. The third-order valence-electron chi connectivity index (χ3n) is 4.17. The lowest BCUT2D eigenvalue weighted by molar-refractivity contribution is 0.296. The molecule has 0 spiro atoms. The molecule has 6 nitrogen and oxygen atoms in total. The highest BCUT2D eigenvalue weighted by atomic mass is 16.3. The van der Waals surface area contributed by atoms with Crippen molar-refractivity contribution >= 4 is 11.6 Å². The van der Waals surface area contributed by atoms with Crippen molar-refractivity contribution in [3.05, 3.63) is 11.4 Å². The van der Waals surface area contributed by atoms with Crippen molar-refractivity contribution in [2.75, 3.05) is 23.5 Å². The van der Waals surface area contributed by atoms with E-state index in [1.54, 1.807) is 0 Å². The Morgan fingerprint density at radius 1 is 1.33 bits per heavy atom. The van der Waals surface area contributed by atoms with Gasteiger partial charge in [0.25, 0.3) is 0 Å². The highest BCUT2D eigenvalue weighted by Gasteiger charge is 2.26. The minimum absolute atomic E-state index is 0.127. The third kappa shape index (κ3) is 3.44. The first-order valence-electron chi connectivity index (χ1n) is 7.81. The molecule has 118 valence electrons. The molecule has 0 radical (unpaired) electrons. The molecule has 1 aromatic rings. The molecule has 0 amide bonds. The first kappa shape index (κ1) is 16.0. The van der Waals surface area contributed by atoms with Crippen LogP contribution in [0.4, 0.5) is 11.6 Å². The van der Waals surface area contributed by atoms with Gasteiger partial charge in [-0.15, -0.1) is 0 Å². The highest BCUT2D eigenvalue weighted by molar-refractivity contribution is 5.59. The maximum Gasteiger partial charge on any atom is 0.148 e. The number of hydrazine groups is 1. The van der Waals surface area contributed by atoms with Crippen LogP contribution >= 0.6 is 0 Å². The van der Waals surface area contributed by atoms with E-state index in [1.165, 1.54) is 12.8 Å². The Labute approximate surface area is 126 Å². The largest absolute Gasteiger partial charge is 0.395 e. The number of anilines is 2. The van der Waals surface area contributed by atoms with Gasteiger partial charge in [-0.05, 0) is 19.8 Å². The van der Waals surface area contributed by atoms with Crippen LogP contribution in [0.5, 0.6) is 0 Å². The zero-order valence-electron chi connectivity index (χ0n) is 13.3. The summed E-state index contributed by atoms with van der Waals surface area (Å²) in [6.07, 6.45) is 4.81. The molecule has 1 fully saturated rings. The van der Waals surface area contributed by atoms with Crippen molar-refractivity contribution in [1.82, 2.24) is 9.97 Å². The number of aromatic nitrogens is 2. The summed E-state index contributed by atoms with van der Waals surface area (Å²) < 4.78 is 0. The molecule has 6 heteroatoms. The van der Waals surface area contributed by atoms with Crippen LogP contribution in [0.1, 0.15) is 56.8 Å². The second kappa shape index (κ2) is 7.04. The Morgan fingerprint density at radius 3 is 2.52 bits per heavy atom. The molecule has 1 heterocycles. The Morgan fingerprint density at radius 2 is 2.00 bits per heavy atom. The Hall–Kier alpha value is -1.40. The molecular weight excluding hydrogens is 266 g/mol. The topological polar surface area (TPSA) is 87.3 Å². The SMILES string of the molecule is Cc1c(NN)nc(C(C)C)nc1N(CCO)C1CCCC1. The number of nitrogen functional groups attached to an aromatic ring is 1. The number of aliphatic hydroxyl groups is 1. The zero-order valence-corrected chi connectivity index (χ0v) is 13.3. The number of nitrogens with zero attached hydrogens (tertiary/aromatic N) is 3. The maximum absolute atomic E-state index is 9.43. The number of nitrogens with two attached hydrogens (primary N) is 1. The minimum Gasteiger partial charge on any atom is -0.395 e. The van der Waals surface area contributed by atoms with Crippen LogP contribution in [-0.2, 0) is 0 Å². The first-order chi connectivity index (χ1) is 10.1. The summed E-state index contributed by atoms with van der Waals surface area (Å²) in [5, 5.41) is 9.43. The van der Waals surface area contributed by atoms with E-state index in [0.717, 1.165) is 30.0 Å². The predicted molar refractivity (Wildman–Crippen MR) is 85.4 cm³/mol. The lowest BCUT2D eigenvalue weighted by Crippen LogP contribution is -2.37. The van der Waals surface area contributed by atoms with Gasteiger partial charge >= 0.3 is 0 Å². The Balaban J connectivity index is 2.44. The lowest BCUT2D eigenvalue weighted by atomic mass is 10.1. The van der Waals surface area contributed by atoms with Crippen LogP contribution in [0.25, 0.3) is 0 Å². The van der Waals surface area contributed by atoms with E-state index in [9.17, 15) is 5.11 Å². The van der Waals surface area contributed by atoms with Gasteiger partial charge in [0.1, 0.15) is 17.5 Å². The molecule has 1 aliphatic carbocycles. The van der Waals surface area contributed by atoms with E-state index in [-0.39, 0.29) is 12.5 Å². The van der Waals surface area contributed by atoms with Gasteiger partial charge in [-0.25, -0.2) is 15.8 Å². The molecule has 0 atom stereocenters. The number of nitrogens with one attached hydrogen (secondary N) is 1. The average Bonchev–Trinajstić information content (AvgIpc) is 2.99. The first-order valence-corrected chi connectivity index (χ1v) is 7.81. The second-order valence-electron chi connectivity index (χ2n) is 6.03. The van der Waals surface area contributed by atoms with Crippen LogP contribution in [0.3, 0.4) is 0 Å². The van der Waals surface area contributed by atoms with Gasteiger partial charge in [0.05, 0.1) is 6.61 Å². The summed E-state index contributed by atoms with van der Waals surface area (Å²) in [4.78, 5) is 11.5. The molecule has 0 saturated heterocycles. The number of aliphatic hydroxyl groups excluding tert-OH is 1. The molecule has 1 aliphatic rings. The average molecular weight is 293 g/mol. The van der Waals surface area contributed by atoms with Gasteiger partial charge in [0.2, 0.25) is 0 Å². The smallest absolute Gasteiger partial charge is 0.148 e. The fraction of sp³-hybridized carbons (Fsp3) is 0.733. The fourth-order valence-electron chi connectivity index (χ4n) is 2.99. The number of rotatable bonds is 6. The van der Waals surface area contributed by atoms with E-state index < -0.39 is 0 Å². The quantitative estimate of drug-likeness (QED) is 0.549. The van der Waals surface area contributed by atoms with Crippen molar-refractivity contribution < 1.29 is 5.11 Å². The fourth-order valence-corrected chi connectivity index (χ4v) is 2.99. The second-order valence-corrected chi connectivity index (χ2v) is 6.03. The van der Waals surface area contributed by atoms with Crippen molar-refractivity contribution in [3.63, 3.8) is 0 Å². The third-order valence-corrected chi connectivity index (χ3v) is 4.17. The van der Waals surface area contributed by atoms with Gasteiger partial charge < -0.3 is 15.4 Å². The maximum atomic E-state index is 9.43. The van der Waals surface area contributed by atoms with E-state index in [1.807, 2.05) is 6.92 Å². The van der Waals surface area contributed by atoms with Crippen LogP contribution in [-0.4, -0.2) is 34.3 Å². The molecule has 1 aromatic heterocycles. The summed E-state index contributed by atoms with van der Waals surface area (Å²) in [6.45, 7) is 6.85. The summed E-state index contributed by atoms with van der Waals surface area (Å²) in [7, 11) is 0. The van der Waals surface area contributed by atoms with Gasteiger partial charge in [-0.2, -0.15) is 0 Å². The van der Waals surface area contributed by atoms with Crippen molar-refractivity contribution in [3.8, 4) is 0 Å². The van der Waals surface area contributed by atoms with E-state index in [4.69, 9.17) is 10.8 Å². The Kier molecular flexibility index (Phi) is 5.36. The summed E-state index contributed by atoms with van der Waals surface area (Å²) >= 11 is 0. The molecule has 2 rings (SSSR count). The van der Waals surface area contributed by atoms with Crippen molar-refractivity contribution in [2.24, 2.45) is 5.84 Å². The van der Waals surface area contributed by atoms with Gasteiger partial charge in [0.15, 0.2) is 0 Å². The molecule has 21 heavy (non-hydrogen) atoms. The standard InChI is InChI=1S/C15H27N5O/c1-10(2)13-17-14(19-16)11(3)15(18-13)20(8-9-21)12-6-4-5-7-12/h10,12,21H,4-9,16H2,1-3H3,(H,17,18,19). The summed E-state index contributed by atoms with van der Waals surface area (Å²) in [5.74, 6) is 8.20. The van der Waals surface area contributed by atoms with E-state index in [2.05, 4.69) is 29.2 Å². The van der Waals surface area contributed by atoms with E-state index >= 15 is 0 Å². The van der Waals surface area contributed by atoms with Gasteiger partial charge in [0, 0.05) is 24.1 Å².